The summed E-state index contributed by atoms with van der Waals surface area (Å²) in [6.07, 6.45) is 1.66. The molecule has 0 bridgehead atoms. The summed E-state index contributed by atoms with van der Waals surface area (Å²) >= 11 is 0.900. The number of carbonyl (C=O) groups is 3. The number of aryl methyl sites for hydroxylation is 3. The van der Waals surface area contributed by atoms with Crippen LogP contribution in [0.25, 0.3) is 6.08 Å². The number of nitrogens with zero attached hydrogens (tertiary/aromatic N) is 1. The third kappa shape index (κ3) is 6.00. The van der Waals surface area contributed by atoms with Crippen LogP contribution in [0.1, 0.15) is 32.6 Å². The second-order valence-corrected chi connectivity index (χ2v) is 9.27. The van der Waals surface area contributed by atoms with Crippen molar-refractivity contribution in [3.8, 4) is 11.5 Å². The summed E-state index contributed by atoms with van der Waals surface area (Å²) in [6.45, 7) is 6.23. The molecule has 1 aliphatic rings. The fourth-order valence-electron chi connectivity index (χ4n) is 3.52. The lowest BCUT2D eigenvalue weighted by Gasteiger charge is -2.14. The molecule has 4 rings (SSSR count). The first-order chi connectivity index (χ1) is 16.8. The van der Waals surface area contributed by atoms with Crippen LogP contribution in [-0.2, 0) is 4.79 Å². The van der Waals surface area contributed by atoms with Crippen molar-refractivity contribution in [3.05, 3.63) is 99.5 Å². The Labute approximate surface area is 208 Å². The molecule has 2 amide bonds. The Morgan fingerprint density at radius 2 is 1.69 bits per heavy atom. The summed E-state index contributed by atoms with van der Waals surface area (Å²) in [6, 6.07) is 19.9. The lowest BCUT2D eigenvalue weighted by Crippen LogP contribution is -2.32. The predicted molar refractivity (Wildman–Crippen MR) is 137 cm³/mol. The molecule has 3 aromatic rings. The second-order valence-electron chi connectivity index (χ2n) is 8.28. The molecule has 1 heterocycles. The highest BCUT2D eigenvalue weighted by Gasteiger charge is 2.34. The van der Waals surface area contributed by atoms with Crippen LogP contribution in [0.15, 0.2) is 71.6 Å². The Balaban J connectivity index is 1.36. The van der Waals surface area contributed by atoms with E-state index in [0.29, 0.717) is 16.2 Å². The molecule has 1 saturated heterocycles. The summed E-state index contributed by atoms with van der Waals surface area (Å²) in [7, 11) is 0. The normalized spacial score (nSPS) is 14.5. The molecule has 0 unspecified atom stereocenters. The summed E-state index contributed by atoms with van der Waals surface area (Å²) < 4.78 is 11.2. The van der Waals surface area contributed by atoms with Crippen LogP contribution in [0.2, 0.25) is 0 Å². The van der Waals surface area contributed by atoms with Gasteiger partial charge in [0.2, 0.25) is 0 Å². The summed E-state index contributed by atoms with van der Waals surface area (Å²) in [5.41, 5.74) is 4.25. The highest BCUT2D eigenvalue weighted by molar-refractivity contribution is 8.18. The van der Waals surface area contributed by atoms with Crippen molar-refractivity contribution in [1.82, 2.24) is 4.90 Å². The molecule has 1 aliphatic heterocycles. The van der Waals surface area contributed by atoms with Crippen LogP contribution in [-0.4, -0.2) is 35.2 Å². The van der Waals surface area contributed by atoms with Crippen molar-refractivity contribution in [2.24, 2.45) is 0 Å². The molecule has 3 aromatic carbocycles. The number of hydrogen-bond acceptors (Lipinski definition) is 6. The van der Waals surface area contributed by atoms with Crippen molar-refractivity contribution in [1.29, 1.82) is 0 Å². The fourth-order valence-corrected chi connectivity index (χ4v) is 4.39. The van der Waals surface area contributed by atoms with Gasteiger partial charge in [0, 0.05) is 0 Å². The third-order valence-electron chi connectivity index (χ3n) is 5.43. The number of rotatable bonds is 7. The van der Waals surface area contributed by atoms with Crippen molar-refractivity contribution in [3.63, 3.8) is 0 Å². The Morgan fingerprint density at radius 1 is 0.943 bits per heavy atom. The smallest absolute Gasteiger partial charge is 0.343 e. The Hall–Kier alpha value is -3.84. The highest BCUT2D eigenvalue weighted by atomic mass is 32.2. The average molecular weight is 488 g/mol. The van der Waals surface area contributed by atoms with Gasteiger partial charge in [-0.25, -0.2) is 4.79 Å². The van der Waals surface area contributed by atoms with Gasteiger partial charge in [-0.15, -0.1) is 0 Å². The molecule has 0 atom stereocenters. The molecule has 178 valence electrons. The van der Waals surface area contributed by atoms with E-state index in [1.165, 1.54) is 4.90 Å². The largest absolute Gasteiger partial charge is 0.491 e. The second kappa shape index (κ2) is 10.6. The molecular formula is C28H25NO5S. The van der Waals surface area contributed by atoms with E-state index >= 15 is 0 Å². The number of hydrogen-bond donors (Lipinski definition) is 0. The van der Waals surface area contributed by atoms with E-state index in [-0.39, 0.29) is 24.3 Å². The van der Waals surface area contributed by atoms with Crippen LogP contribution in [0.3, 0.4) is 0 Å². The number of esters is 1. The van der Waals surface area contributed by atoms with Crippen molar-refractivity contribution in [2.75, 3.05) is 13.2 Å². The maximum atomic E-state index is 12.8. The van der Waals surface area contributed by atoms with Crippen LogP contribution >= 0.6 is 11.8 Å². The number of amides is 2. The zero-order valence-electron chi connectivity index (χ0n) is 19.7. The maximum absolute atomic E-state index is 12.8. The molecule has 0 saturated carbocycles. The molecular weight excluding hydrogens is 462 g/mol. The van der Waals surface area contributed by atoms with Gasteiger partial charge < -0.3 is 9.47 Å². The molecule has 0 radical (unpaired) electrons. The van der Waals surface area contributed by atoms with E-state index in [1.807, 2.05) is 45.0 Å². The lowest BCUT2D eigenvalue weighted by atomic mass is 10.1. The summed E-state index contributed by atoms with van der Waals surface area (Å²) in [4.78, 5) is 39.0. The summed E-state index contributed by atoms with van der Waals surface area (Å²) in [5.74, 6) is 0.353. The van der Waals surface area contributed by atoms with Gasteiger partial charge in [-0.2, -0.15) is 0 Å². The molecule has 0 spiro atoms. The number of carbonyl (C=O) groups excluding carboxylic acids is 3. The molecule has 0 aliphatic carbocycles. The first kappa shape index (κ1) is 24.3. The topological polar surface area (TPSA) is 72.9 Å². The Kier molecular flexibility index (Phi) is 7.36. The van der Waals surface area contributed by atoms with Gasteiger partial charge in [0.1, 0.15) is 18.1 Å². The number of imide groups is 1. The van der Waals surface area contributed by atoms with Gasteiger partial charge in [-0.1, -0.05) is 42.0 Å². The molecule has 7 heteroatoms. The zero-order chi connectivity index (χ0) is 24.9. The standard InChI is InChI=1S/C28H25NO5S/c1-18-5-4-6-22(15-18)27(31)34-23-11-9-21(10-12-23)17-25-26(30)29(28(32)35-25)13-14-33-24-16-19(2)7-8-20(24)3/h4-12,15-17H,13-14H2,1-3H3/b25-17-. The Morgan fingerprint density at radius 3 is 2.43 bits per heavy atom. The van der Waals surface area contributed by atoms with Gasteiger partial charge in [0.05, 0.1) is 17.0 Å². The SMILES string of the molecule is Cc1cccc(C(=O)Oc2ccc(/C=C3\SC(=O)N(CCOc4cc(C)ccc4C)C3=O)cc2)c1. The van der Waals surface area contributed by atoms with Crippen LogP contribution in [0.4, 0.5) is 4.79 Å². The minimum Gasteiger partial charge on any atom is -0.491 e. The molecule has 1 fully saturated rings. The minimum absolute atomic E-state index is 0.170. The van der Waals surface area contributed by atoms with E-state index in [9.17, 15) is 14.4 Å². The van der Waals surface area contributed by atoms with E-state index < -0.39 is 5.97 Å². The molecule has 6 nitrogen and oxygen atoms in total. The van der Waals surface area contributed by atoms with Gasteiger partial charge >= 0.3 is 5.97 Å². The van der Waals surface area contributed by atoms with Crippen molar-refractivity contribution >= 4 is 35.0 Å². The first-order valence-corrected chi connectivity index (χ1v) is 12.0. The average Bonchev–Trinajstić information content (AvgIpc) is 3.09. The van der Waals surface area contributed by atoms with Crippen molar-refractivity contribution in [2.45, 2.75) is 20.8 Å². The van der Waals surface area contributed by atoms with Gasteiger partial charge in [0.25, 0.3) is 11.1 Å². The van der Waals surface area contributed by atoms with Crippen molar-refractivity contribution < 1.29 is 23.9 Å². The maximum Gasteiger partial charge on any atom is 0.343 e. The molecule has 0 aromatic heterocycles. The lowest BCUT2D eigenvalue weighted by molar-refractivity contribution is -0.123. The molecule has 35 heavy (non-hydrogen) atoms. The van der Waals surface area contributed by atoms with Crippen LogP contribution in [0.5, 0.6) is 11.5 Å². The van der Waals surface area contributed by atoms with Crippen LogP contribution in [0, 0.1) is 20.8 Å². The zero-order valence-corrected chi connectivity index (χ0v) is 20.6. The van der Waals surface area contributed by atoms with E-state index in [4.69, 9.17) is 9.47 Å². The predicted octanol–water partition coefficient (Wildman–Crippen LogP) is 5.95. The highest BCUT2D eigenvalue weighted by Crippen LogP contribution is 2.32. The molecule has 0 N–H and O–H groups in total. The first-order valence-electron chi connectivity index (χ1n) is 11.1. The number of benzene rings is 3. The van der Waals surface area contributed by atoms with Gasteiger partial charge in [0.15, 0.2) is 0 Å². The Bertz CT molecular complexity index is 1310. The third-order valence-corrected chi connectivity index (χ3v) is 6.34. The van der Waals surface area contributed by atoms with E-state index in [0.717, 1.165) is 39.8 Å². The number of thioether (sulfide) groups is 1. The number of ether oxygens (including phenoxy) is 2. The minimum atomic E-state index is -0.439. The quantitative estimate of drug-likeness (QED) is 0.233. The van der Waals surface area contributed by atoms with Gasteiger partial charge in [-0.05, 0) is 85.6 Å². The monoisotopic (exact) mass is 487 g/mol. The summed E-state index contributed by atoms with van der Waals surface area (Å²) in [5, 5.41) is -0.325. The fraction of sp³-hybridized carbons (Fsp3) is 0.179. The van der Waals surface area contributed by atoms with Gasteiger partial charge in [-0.3, -0.25) is 14.5 Å². The van der Waals surface area contributed by atoms with E-state index in [2.05, 4.69) is 0 Å². The van der Waals surface area contributed by atoms with E-state index in [1.54, 1.807) is 48.5 Å². The van der Waals surface area contributed by atoms with Crippen LogP contribution < -0.4 is 9.47 Å².